The highest BCUT2D eigenvalue weighted by molar-refractivity contribution is 7.90. The summed E-state index contributed by atoms with van der Waals surface area (Å²) >= 11 is 0. The number of aromatic nitrogens is 3. The fourth-order valence-electron chi connectivity index (χ4n) is 2.35. The van der Waals surface area contributed by atoms with Crippen molar-refractivity contribution in [1.82, 2.24) is 20.5 Å². The number of fused-ring (bicyclic) bond motifs is 1. The maximum atomic E-state index is 12.2. The molecule has 9 nitrogen and oxygen atoms in total. The van der Waals surface area contributed by atoms with E-state index in [1.165, 1.54) is 18.3 Å². The van der Waals surface area contributed by atoms with Crippen molar-refractivity contribution < 1.29 is 17.3 Å². The number of nitrogens with zero attached hydrogens (tertiary/aromatic N) is 3. The topological polar surface area (TPSA) is 126 Å². The molecule has 0 fully saturated rings. The Kier molecular flexibility index (Phi) is 3.18. The minimum Gasteiger partial charge on any atom is -0.369 e. The maximum absolute atomic E-state index is 12.2. The fraction of sp³-hybridized carbons (Fsp3) is 0.286. The normalized spacial score (nSPS) is 15.5. The van der Waals surface area contributed by atoms with Crippen molar-refractivity contribution in [2.75, 3.05) is 30.4 Å². The fourth-order valence-corrected chi connectivity index (χ4v) is 3.16. The number of pyridine rings is 1. The standard InChI is InChI=1S/C14H16N6O3S/c1-15-14(21)11-9(4-6-17-20-11)18-13-10(24(2,22)23)7-8-3-5-16-12(8)19-13/h4,6-7H,3,5H2,1-2H3,(H,15,21)(H2,16,17,18,19)/i1D3. The highest BCUT2D eigenvalue weighted by atomic mass is 32.2. The first kappa shape index (κ1) is 12.6. The number of hydrogen-bond donors (Lipinski definition) is 3. The van der Waals surface area contributed by atoms with E-state index in [-0.39, 0.29) is 22.1 Å². The van der Waals surface area contributed by atoms with Gasteiger partial charge in [-0.25, -0.2) is 13.4 Å². The van der Waals surface area contributed by atoms with Crippen molar-refractivity contribution in [2.45, 2.75) is 11.3 Å². The van der Waals surface area contributed by atoms with Gasteiger partial charge in [0, 0.05) is 23.9 Å². The summed E-state index contributed by atoms with van der Waals surface area (Å²) in [5.74, 6) is -0.437. The van der Waals surface area contributed by atoms with E-state index < -0.39 is 22.7 Å². The summed E-state index contributed by atoms with van der Waals surface area (Å²) in [6.07, 6.45) is 2.98. The molecule has 3 N–H and O–H groups in total. The van der Waals surface area contributed by atoms with Crippen LogP contribution in [0.4, 0.5) is 17.3 Å². The van der Waals surface area contributed by atoms with E-state index in [1.807, 2.05) is 5.32 Å². The first-order valence-corrected chi connectivity index (χ1v) is 8.83. The Labute approximate surface area is 143 Å². The van der Waals surface area contributed by atoms with Crippen LogP contribution in [0.15, 0.2) is 23.2 Å². The number of carbonyl (C=O) groups excluding carboxylic acids is 1. The summed E-state index contributed by atoms with van der Waals surface area (Å²) in [7, 11) is -3.62. The van der Waals surface area contributed by atoms with Crippen LogP contribution in [0.2, 0.25) is 0 Å². The van der Waals surface area contributed by atoms with Gasteiger partial charge in [-0.05, 0) is 24.1 Å². The molecule has 24 heavy (non-hydrogen) atoms. The molecule has 0 unspecified atom stereocenters. The Morgan fingerprint density at radius 3 is 3.04 bits per heavy atom. The van der Waals surface area contributed by atoms with Crippen LogP contribution in [0.3, 0.4) is 0 Å². The van der Waals surface area contributed by atoms with Crippen molar-refractivity contribution in [3.05, 3.63) is 29.6 Å². The number of hydrogen-bond acceptors (Lipinski definition) is 8. The molecule has 0 aromatic carbocycles. The van der Waals surface area contributed by atoms with E-state index >= 15 is 0 Å². The van der Waals surface area contributed by atoms with Gasteiger partial charge in [0.05, 0.1) is 11.9 Å². The van der Waals surface area contributed by atoms with Gasteiger partial charge in [-0.2, -0.15) is 5.10 Å². The molecule has 10 heteroatoms. The first-order valence-electron chi connectivity index (χ1n) is 8.44. The zero-order chi connectivity index (χ0) is 19.8. The van der Waals surface area contributed by atoms with Crippen LogP contribution < -0.4 is 16.0 Å². The zero-order valence-corrected chi connectivity index (χ0v) is 13.4. The SMILES string of the molecule is [2H]C([2H])([2H])NC(=O)c1nnccc1Nc1nc2c(cc1S(C)(=O)=O)CCN2. The lowest BCUT2D eigenvalue weighted by atomic mass is 10.2. The molecule has 0 saturated carbocycles. The van der Waals surface area contributed by atoms with E-state index in [1.54, 1.807) is 0 Å². The summed E-state index contributed by atoms with van der Waals surface area (Å²) in [5.41, 5.74) is 0.541. The molecule has 0 saturated heterocycles. The van der Waals surface area contributed by atoms with Crippen molar-refractivity contribution in [2.24, 2.45) is 0 Å². The summed E-state index contributed by atoms with van der Waals surface area (Å²) in [6, 6.07) is 2.90. The van der Waals surface area contributed by atoms with Crippen LogP contribution >= 0.6 is 0 Å². The number of anilines is 3. The molecule has 0 atom stereocenters. The Morgan fingerprint density at radius 2 is 2.29 bits per heavy atom. The van der Waals surface area contributed by atoms with E-state index in [2.05, 4.69) is 25.8 Å². The lowest BCUT2D eigenvalue weighted by Crippen LogP contribution is -2.21. The van der Waals surface area contributed by atoms with Gasteiger partial charge in [0.25, 0.3) is 5.91 Å². The third kappa shape index (κ3) is 3.00. The molecule has 0 spiro atoms. The third-order valence-corrected chi connectivity index (χ3v) is 4.57. The molecule has 1 aliphatic heterocycles. The van der Waals surface area contributed by atoms with E-state index in [0.29, 0.717) is 18.8 Å². The quantitative estimate of drug-likeness (QED) is 0.720. The molecule has 0 bridgehead atoms. The minimum absolute atomic E-state index is 0.00147. The first-order chi connectivity index (χ1) is 12.5. The van der Waals surface area contributed by atoms with E-state index in [0.717, 1.165) is 11.8 Å². The molecule has 0 aliphatic carbocycles. The van der Waals surface area contributed by atoms with Crippen LogP contribution in [-0.4, -0.2) is 49.3 Å². The summed E-state index contributed by atoms with van der Waals surface area (Å²) < 4.78 is 45.7. The summed E-state index contributed by atoms with van der Waals surface area (Å²) in [6.45, 7) is -2.07. The van der Waals surface area contributed by atoms with Crippen molar-refractivity contribution >= 4 is 33.1 Å². The van der Waals surface area contributed by atoms with Crippen LogP contribution in [0.25, 0.3) is 0 Å². The number of nitrogens with one attached hydrogen (secondary N) is 3. The minimum atomic E-state index is -3.62. The average molecular weight is 351 g/mol. The molecular weight excluding hydrogens is 332 g/mol. The second-order valence-electron chi connectivity index (χ2n) is 5.16. The van der Waals surface area contributed by atoms with Crippen molar-refractivity contribution in [3.63, 3.8) is 0 Å². The molecule has 1 amide bonds. The van der Waals surface area contributed by atoms with Gasteiger partial charge < -0.3 is 16.0 Å². The molecule has 126 valence electrons. The monoisotopic (exact) mass is 351 g/mol. The van der Waals surface area contributed by atoms with Gasteiger partial charge >= 0.3 is 0 Å². The van der Waals surface area contributed by atoms with Crippen LogP contribution in [-0.2, 0) is 16.3 Å². The van der Waals surface area contributed by atoms with Gasteiger partial charge in [-0.3, -0.25) is 4.79 Å². The largest absolute Gasteiger partial charge is 0.369 e. The molecule has 1 aliphatic rings. The van der Waals surface area contributed by atoms with Gasteiger partial charge in [0.2, 0.25) is 0 Å². The highest BCUT2D eigenvalue weighted by Crippen LogP contribution is 2.31. The van der Waals surface area contributed by atoms with E-state index in [9.17, 15) is 13.2 Å². The smallest absolute Gasteiger partial charge is 0.273 e. The Bertz CT molecular complexity index is 1010. The average Bonchev–Trinajstić information content (AvgIpc) is 2.99. The number of amides is 1. The second kappa shape index (κ2) is 6.04. The molecular formula is C14H16N6O3S. The molecule has 3 rings (SSSR count). The molecule has 3 heterocycles. The molecule has 2 aromatic heterocycles. The van der Waals surface area contributed by atoms with Crippen LogP contribution in [0.5, 0.6) is 0 Å². The van der Waals surface area contributed by atoms with Crippen molar-refractivity contribution in [1.29, 1.82) is 0 Å². The van der Waals surface area contributed by atoms with Gasteiger partial charge in [0.1, 0.15) is 10.7 Å². The molecule has 2 aromatic rings. The third-order valence-electron chi connectivity index (χ3n) is 3.46. The lowest BCUT2D eigenvalue weighted by molar-refractivity contribution is 0.0958. The van der Waals surface area contributed by atoms with Crippen molar-refractivity contribution in [3.8, 4) is 0 Å². The summed E-state index contributed by atoms with van der Waals surface area (Å²) in [5, 5.41) is 14.9. The lowest BCUT2D eigenvalue weighted by Gasteiger charge is -2.13. The van der Waals surface area contributed by atoms with Gasteiger partial charge in [0.15, 0.2) is 21.3 Å². The van der Waals surface area contributed by atoms with Gasteiger partial charge in [-0.1, -0.05) is 0 Å². The van der Waals surface area contributed by atoms with Crippen LogP contribution in [0.1, 0.15) is 20.2 Å². The predicted molar refractivity (Wildman–Crippen MR) is 88.2 cm³/mol. The zero-order valence-electron chi connectivity index (χ0n) is 15.6. The second-order valence-corrected chi connectivity index (χ2v) is 7.15. The predicted octanol–water partition coefficient (Wildman–Crippen LogP) is 0.346. The number of rotatable bonds is 4. The van der Waals surface area contributed by atoms with E-state index in [4.69, 9.17) is 4.11 Å². The molecule has 0 radical (unpaired) electrons. The van der Waals surface area contributed by atoms with Gasteiger partial charge in [-0.15, -0.1) is 5.10 Å². The highest BCUT2D eigenvalue weighted by Gasteiger charge is 2.23. The Hall–Kier alpha value is -2.75. The summed E-state index contributed by atoms with van der Waals surface area (Å²) in [4.78, 5) is 16.4. The Balaban J connectivity index is 2.03. The number of sulfone groups is 1. The van der Waals surface area contributed by atoms with Crippen LogP contribution in [0, 0.1) is 0 Å². The Morgan fingerprint density at radius 1 is 1.46 bits per heavy atom. The number of carbonyl (C=O) groups is 1. The maximum Gasteiger partial charge on any atom is 0.273 e.